The first kappa shape index (κ1) is 15.0. The molecular formula is C15H18FN3O2S. The lowest BCUT2D eigenvalue weighted by Gasteiger charge is -2.13. The summed E-state index contributed by atoms with van der Waals surface area (Å²) in [6.07, 6.45) is 4.77. The zero-order chi connectivity index (χ0) is 15.7. The first-order valence-electron chi connectivity index (χ1n) is 7.17. The second kappa shape index (κ2) is 5.72. The number of benzene rings is 1. The van der Waals surface area contributed by atoms with Crippen LogP contribution in [-0.2, 0) is 22.8 Å². The Kier molecular flexibility index (Phi) is 3.90. The normalized spacial score (nSPS) is 17.5. The summed E-state index contributed by atoms with van der Waals surface area (Å²) in [5, 5.41) is 7.61. The maximum absolute atomic E-state index is 13.4. The summed E-state index contributed by atoms with van der Waals surface area (Å²) in [7, 11) is -3.00. The molecule has 1 aliphatic rings. The molecule has 3 rings (SSSR count). The van der Waals surface area contributed by atoms with Gasteiger partial charge in [0.1, 0.15) is 21.5 Å². The van der Waals surface area contributed by atoms with Gasteiger partial charge in [-0.05, 0) is 36.1 Å². The first-order chi connectivity index (χ1) is 10.4. The number of halogens is 1. The number of hydrogen-bond acceptors (Lipinski definition) is 4. The standard InChI is InChI=1S/C15H18FN3O2S/c1-22(20,21)9-8-19-7-6-15(18-19)17-14-5-3-11-2-4-12(16)10-13(11)14/h2,4,6-7,10,14H,3,5,8-9H2,1H3,(H,17,18)/t14-/m0/s1. The molecule has 5 nitrogen and oxygen atoms in total. The molecule has 0 fully saturated rings. The zero-order valence-electron chi connectivity index (χ0n) is 12.3. The first-order valence-corrected chi connectivity index (χ1v) is 9.23. The third-order valence-corrected chi connectivity index (χ3v) is 4.76. The quantitative estimate of drug-likeness (QED) is 0.916. The maximum atomic E-state index is 13.4. The van der Waals surface area contributed by atoms with Crippen LogP contribution in [0.25, 0.3) is 0 Å². The highest BCUT2D eigenvalue weighted by Crippen LogP contribution is 2.33. The van der Waals surface area contributed by atoms with Gasteiger partial charge >= 0.3 is 0 Å². The van der Waals surface area contributed by atoms with E-state index in [0.29, 0.717) is 12.4 Å². The fourth-order valence-electron chi connectivity index (χ4n) is 2.72. The molecule has 1 aromatic carbocycles. The van der Waals surface area contributed by atoms with Crippen molar-refractivity contribution in [3.8, 4) is 0 Å². The number of fused-ring (bicyclic) bond motifs is 1. The van der Waals surface area contributed by atoms with Crippen LogP contribution in [0.5, 0.6) is 0 Å². The Morgan fingerprint density at radius 3 is 3.00 bits per heavy atom. The lowest BCUT2D eigenvalue weighted by atomic mass is 10.1. The highest BCUT2D eigenvalue weighted by Gasteiger charge is 2.23. The summed E-state index contributed by atoms with van der Waals surface area (Å²) in [6.45, 7) is 0.330. The number of sulfone groups is 1. The molecule has 0 spiro atoms. The highest BCUT2D eigenvalue weighted by molar-refractivity contribution is 7.90. The van der Waals surface area contributed by atoms with Gasteiger partial charge in [-0.1, -0.05) is 6.07 Å². The Labute approximate surface area is 129 Å². The molecule has 22 heavy (non-hydrogen) atoms. The molecule has 2 aromatic rings. The molecule has 1 heterocycles. The molecular weight excluding hydrogens is 305 g/mol. The third-order valence-electron chi connectivity index (χ3n) is 3.84. The van der Waals surface area contributed by atoms with E-state index in [1.54, 1.807) is 23.0 Å². The number of anilines is 1. The second-order valence-corrected chi connectivity index (χ2v) is 7.93. The van der Waals surface area contributed by atoms with Gasteiger partial charge in [0.15, 0.2) is 0 Å². The van der Waals surface area contributed by atoms with Crippen LogP contribution < -0.4 is 5.32 Å². The summed E-state index contributed by atoms with van der Waals surface area (Å²) in [5.74, 6) is 0.507. The van der Waals surface area contributed by atoms with Gasteiger partial charge < -0.3 is 5.32 Å². The topological polar surface area (TPSA) is 64.0 Å². The fourth-order valence-corrected chi connectivity index (χ4v) is 3.24. The summed E-state index contributed by atoms with van der Waals surface area (Å²) < 4.78 is 37.3. The molecule has 1 atom stereocenters. The van der Waals surface area contributed by atoms with Crippen LogP contribution in [0.3, 0.4) is 0 Å². The second-order valence-electron chi connectivity index (χ2n) is 5.67. The number of rotatable bonds is 5. The van der Waals surface area contributed by atoms with Crippen LogP contribution in [0.2, 0.25) is 0 Å². The molecule has 1 aliphatic carbocycles. The average molecular weight is 323 g/mol. The minimum Gasteiger partial charge on any atom is -0.362 e. The van der Waals surface area contributed by atoms with Crippen LogP contribution >= 0.6 is 0 Å². The van der Waals surface area contributed by atoms with Crippen molar-refractivity contribution in [2.45, 2.75) is 25.4 Å². The predicted molar refractivity (Wildman–Crippen MR) is 83.0 cm³/mol. The van der Waals surface area contributed by atoms with Crippen molar-refractivity contribution in [3.63, 3.8) is 0 Å². The summed E-state index contributed by atoms with van der Waals surface area (Å²) >= 11 is 0. The largest absolute Gasteiger partial charge is 0.362 e. The van der Waals surface area contributed by atoms with E-state index in [2.05, 4.69) is 10.4 Å². The number of aromatic nitrogens is 2. The van der Waals surface area contributed by atoms with Gasteiger partial charge in [0.2, 0.25) is 0 Å². The van der Waals surface area contributed by atoms with E-state index >= 15 is 0 Å². The van der Waals surface area contributed by atoms with Crippen LogP contribution in [0, 0.1) is 5.82 Å². The lowest BCUT2D eigenvalue weighted by molar-refractivity contribution is 0.586. The van der Waals surface area contributed by atoms with Crippen molar-refractivity contribution in [1.82, 2.24) is 9.78 Å². The van der Waals surface area contributed by atoms with Gasteiger partial charge in [-0.3, -0.25) is 4.68 Å². The Morgan fingerprint density at radius 1 is 1.41 bits per heavy atom. The summed E-state index contributed by atoms with van der Waals surface area (Å²) in [4.78, 5) is 0. The Balaban J connectivity index is 1.68. The minimum atomic E-state index is -3.00. The predicted octanol–water partition coefficient (Wildman–Crippen LogP) is 2.17. The minimum absolute atomic E-state index is 0.0453. The van der Waals surface area contributed by atoms with E-state index < -0.39 is 9.84 Å². The summed E-state index contributed by atoms with van der Waals surface area (Å²) in [5.41, 5.74) is 2.14. The number of aryl methyl sites for hydroxylation is 2. The zero-order valence-corrected chi connectivity index (χ0v) is 13.1. The van der Waals surface area contributed by atoms with Gasteiger partial charge in [0.25, 0.3) is 0 Å². The van der Waals surface area contributed by atoms with Crippen LogP contribution in [0.15, 0.2) is 30.5 Å². The number of nitrogens with one attached hydrogen (secondary N) is 1. The highest BCUT2D eigenvalue weighted by atomic mass is 32.2. The molecule has 1 N–H and O–H groups in total. The third kappa shape index (κ3) is 3.47. The molecule has 7 heteroatoms. The van der Waals surface area contributed by atoms with Crippen molar-refractivity contribution >= 4 is 15.7 Å². The molecule has 1 aromatic heterocycles. The summed E-state index contributed by atoms with van der Waals surface area (Å²) in [6, 6.07) is 6.74. The SMILES string of the molecule is CS(=O)(=O)CCn1ccc(N[C@H]2CCc3ccc(F)cc32)n1. The smallest absolute Gasteiger partial charge is 0.149 e. The van der Waals surface area contributed by atoms with Gasteiger partial charge in [-0.15, -0.1) is 0 Å². The average Bonchev–Trinajstić information content (AvgIpc) is 3.04. The van der Waals surface area contributed by atoms with E-state index in [1.165, 1.54) is 12.3 Å². The molecule has 0 radical (unpaired) electrons. The van der Waals surface area contributed by atoms with Gasteiger partial charge in [-0.2, -0.15) is 5.10 Å². The number of nitrogens with zero attached hydrogens (tertiary/aromatic N) is 2. The van der Waals surface area contributed by atoms with Crippen molar-refractivity contribution in [2.75, 3.05) is 17.3 Å². The lowest BCUT2D eigenvalue weighted by Crippen LogP contribution is -2.12. The van der Waals surface area contributed by atoms with E-state index in [-0.39, 0.29) is 17.6 Å². The molecule has 0 saturated carbocycles. The van der Waals surface area contributed by atoms with E-state index in [9.17, 15) is 12.8 Å². The molecule has 0 aliphatic heterocycles. The van der Waals surface area contributed by atoms with Gasteiger partial charge in [-0.25, -0.2) is 12.8 Å². The number of hydrogen-bond donors (Lipinski definition) is 1. The van der Waals surface area contributed by atoms with Crippen LogP contribution in [-0.4, -0.2) is 30.2 Å². The molecule has 118 valence electrons. The molecule has 0 saturated heterocycles. The maximum Gasteiger partial charge on any atom is 0.149 e. The van der Waals surface area contributed by atoms with Gasteiger partial charge in [0, 0.05) is 18.5 Å². The van der Waals surface area contributed by atoms with Crippen molar-refractivity contribution in [3.05, 3.63) is 47.4 Å². The monoisotopic (exact) mass is 323 g/mol. The van der Waals surface area contributed by atoms with E-state index in [4.69, 9.17) is 0 Å². The fraction of sp³-hybridized carbons (Fsp3) is 0.400. The van der Waals surface area contributed by atoms with Crippen LogP contribution in [0.4, 0.5) is 10.2 Å². The van der Waals surface area contributed by atoms with Crippen molar-refractivity contribution in [2.24, 2.45) is 0 Å². The molecule has 0 bridgehead atoms. The Hall–Kier alpha value is -1.89. The van der Waals surface area contributed by atoms with E-state index in [1.807, 2.05) is 6.07 Å². The molecule has 0 amide bonds. The van der Waals surface area contributed by atoms with Crippen molar-refractivity contribution in [1.29, 1.82) is 0 Å². The van der Waals surface area contributed by atoms with E-state index in [0.717, 1.165) is 24.0 Å². The van der Waals surface area contributed by atoms with Crippen molar-refractivity contribution < 1.29 is 12.8 Å². The Morgan fingerprint density at radius 2 is 2.23 bits per heavy atom. The Bertz CT molecular complexity index is 786. The molecule has 0 unspecified atom stereocenters. The van der Waals surface area contributed by atoms with Gasteiger partial charge in [0.05, 0.1) is 18.3 Å². The van der Waals surface area contributed by atoms with Crippen LogP contribution in [0.1, 0.15) is 23.6 Å².